The van der Waals surface area contributed by atoms with Crippen LogP contribution in [0.3, 0.4) is 0 Å². The monoisotopic (exact) mass is 533 g/mol. The summed E-state index contributed by atoms with van der Waals surface area (Å²) in [5.74, 6) is 0.369. The highest BCUT2D eigenvalue weighted by atomic mass is 16.7. The number of ketones is 1. The zero-order valence-corrected chi connectivity index (χ0v) is 23.5. The molecule has 2 aliphatic carbocycles. The molecule has 4 aromatic rings. The Labute approximate surface area is 235 Å². The van der Waals surface area contributed by atoms with Gasteiger partial charge in [0, 0.05) is 23.3 Å². The van der Waals surface area contributed by atoms with Gasteiger partial charge < -0.3 is 9.25 Å². The number of hydrogen-bond acceptors (Lipinski definition) is 5. The van der Waals surface area contributed by atoms with Crippen molar-refractivity contribution < 1.29 is 18.8 Å². The topological polar surface area (TPSA) is 68.9 Å². The van der Waals surface area contributed by atoms with Gasteiger partial charge in [-0.2, -0.15) is 0 Å². The highest BCUT2D eigenvalue weighted by molar-refractivity contribution is 6.09. The molecule has 0 radical (unpaired) electrons. The van der Waals surface area contributed by atoms with Crippen LogP contribution in [0.1, 0.15) is 98.5 Å². The highest BCUT2D eigenvalue weighted by Gasteiger charge is 2.44. The average molecular weight is 534 g/mol. The molecule has 1 saturated carbocycles. The molecule has 0 unspecified atom stereocenters. The van der Waals surface area contributed by atoms with Gasteiger partial charge in [-0.05, 0) is 83.7 Å². The second-order valence-electron chi connectivity index (χ2n) is 11.7. The van der Waals surface area contributed by atoms with E-state index in [4.69, 9.17) is 9.25 Å². The van der Waals surface area contributed by atoms with Gasteiger partial charge in [0.05, 0.1) is 5.71 Å². The Kier molecular flexibility index (Phi) is 6.91. The van der Waals surface area contributed by atoms with Crippen LogP contribution in [-0.2, 0) is 15.0 Å². The second kappa shape index (κ2) is 10.5. The van der Waals surface area contributed by atoms with Crippen LogP contribution < -0.4 is 0 Å². The van der Waals surface area contributed by atoms with E-state index in [1.54, 1.807) is 0 Å². The first-order valence-corrected chi connectivity index (χ1v) is 14.4. The van der Waals surface area contributed by atoms with Gasteiger partial charge in [-0.25, -0.2) is 4.79 Å². The lowest BCUT2D eigenvalue weighted by Crippen LogP contribution is -2.28. The Balaban J connectivity index is 1.42. The molecule has 1 aromatic heterocycles. The van der Waals surface area contributed by atoms with E-state index in [1.807, 2.05) is 36.4 Å². The van der Waals surface area contributed by atoms with Crippen LogP contribution in [-0.4, -0.2) is 17.5 Å². The first-order valence-electron chi connectivity index (χ1n) is 14.4. The standard InChI is InChI=1S/C35H35NO4/c1-22(2)11-16-31(36-40-23(3)37)24-12-14-27-28-15-13-26(34(38)33-21-25-9-5-6-10-32(25)39-33)20-30(28)35(29(27)19-24)17-7-4-8-18-35/h5-6,9-10,12-15,19-22H,4,7-8,11,16-18H2,1-3H3/b36-31+. The summed E-state index contributed by atoms with van der Waals surface area (Å²) in [6.45, 7) is 5.75. The summed E-state index contributed by atoms with van der Waals surface area (Å²) in [7, 11) is 0. The first-order chi connectivity index (χ1) is 19.4. The molecule has 5 heteroatoms. The van der Waals surface area contributed by atoms with Gasteiger partial charge in [0.1, 0.15) is 5.58 Å². The number of carbonyl (C=O) groups excluding carboxylic acids is 2. The van der Waals surface area contributed by atoms with Gasteiger partial charge in [-0.3, -0.25) is 4.79 Å². The number of hydrogen-bond donors (Lipinski definition) is 0. The van der Waals surface area contributed by atoms with E-state index in [2.05, 4.69) is 49.3 Å². The summed E-state index contributed by atoms with van der Waals surface area (Å²) in [6, 6.07) is 22.3. The molecule has 204 valence electrons. The highest BCUT2D eigenvalue weighted by Crippen LogP contribution is 2.56. The van der Waals surface area contributed by atoms with E-state index < -0.39 is 5.97 Å². The van der Waals surface area contributed by atoms with Gasteiger partial charge in [0.2, 0.25) is 5.78 Å². The Morgan fingerprint density at radius 1 is 0.900 bits per heavy atom. The Morgan fingerprint density at radius 3 is 2.25 bits per heavy atom. The SMILES string of the molecule is CC(=O)O/N=C(\CCC(C)C)c1ccc2c(c1)C1(CCCCC1)c1cc(C(=O)c3cc4ccccc4o3)ccc1-2. The molecule has 0 amide bonds. The van der Waals surface area contributed by atoms with E-state index in [-0.39, 0.29) is 11.2 Å². The molecule has 5 nitrogen and oxygen atoms in total. The van der Waals surface area contributed by atoms with Crippen molar-refractivity contribution in [2.45, 2.75) is 71.1 Å². The fourth-order valence-electron chi connectivity index (χ4n) is 6.53. The van der Waals surface area contributed by atoms with Crippen LogP contribution in [0, 0.1) is 5.92 Å². The van der Waals surface area contributed by atoms with Crippen LogP contribution in [0.25, 0.3) is 22.1 Å². The molecule has 2 aliphatic rings. The third kappa shape index (κ3) is 4.68. The minimum absolute atomic E-state index is 0.0916. The molecule has 0 atom stereocenters. The lowest BCUT2D eigenvalue weighted by atomic mass is 9.67. The number of furan rings is 1. The number of fused-ring (bicyclic) bond motifs is 6. The van der Waals surface area contributed by atoms with E-state index in [0.29, 0.717) is 17.2 Å². The van der Waals surface area contributed by atoms with Crippen LogP contribution in [0.5, 0.6) is 0 Å². The number of para-hydroxylation sites is 1. The van der Waals surface area contributed by atoms with Gasteiger partial charge in [0.25, 0.3) is 0 Å². The van der Waals surface area contributed by atoms with Crippen molar-refractivity contribution in [3.63, 3.8) is 0 Å². The number of oxime groups is 1. The van der Waals surface area contributed by atoms with Gasteiger partial charge in [-0.15, -0.1) is 0 Å². The van der Waals surface area contributed by atoms with Crippen molar-refractivity contribution in [1.29, 1.82) is 0 Å². The fourth-order valence-corrected chi connectivity index (χ4v) is 6.53. The van der Waals surface area contributed by atoms with E-state index in [1.165, 1.54) is 35.6 Å². The molecule has 40 heavy (non-hydrogen) atoms. The maximum absolute atomic E-state index is 13.6. The van der Waals surface area contributed by atoms with Crippen molar-refractivity contribution in [2.24, 2.45) is 11.1 Å². The molecular weight excluding hydrogens is 498 g/mol. The molecule has 1 spiro atoms. The van der Waals surface area contributed by atoms with E-state index in [9.17, 15) is 9.59 Å². The Bertz CT molecular complexity index is 1600. The second-order valence-corrected chi connectivity index (χ2v) is 11.7. The first kappa shape index (κ1) is 26.2. The molecule has 0 aliphatic heterocycles. The lowest BCUT2D eigenvalue weighted by Gasteiger charge is -2.36. The van der Waals surface area contributed by atoms with E-state index >= 15 is 0 Å². The summed E-state index contributed by atoms with van der Waals surface area (Å²) < 4.78 is 5.93. The quantitative estimate of drug-likeness (QED) is 0.103. The third-order valence-corrected chi connectivity index (χ3v) is 8.56. The van der Waals surface area contributed by atoms with Crippen LogP contribution >= 0.6 is 0 Å². The predicted molar refractivity (Wildman–Crippen MR) is 158 cm³/mol. The Hall–Kier alpha value is -3.99. The zero-order valence-electron chi connectivity index (χ0n) is 23.5. The van der Waals surface area contributed by atoms with Gasteiger partial charge >= 0.3 is 5.97 Å². The maximum Gasteiger partial charge on any atom is 0.331 e. The predicted octanol–water partition coefficient (Wildman–Crippen LogP) is 8.60. The fraction of sp³-hybridized carbons (Fsp3) is 0.343. The minimum Gasteiger partial charge on any atom is -0.453 e. The van der Waals surface area contributed by atoms with Gasteiger partial charge in [0.15, 0.2) is 5.76 Å². The smallest absolute Gasteiger partial charge is 0.331 e. The molecule has 0 saturated heterocycles. The summed E-state index contributed by atoms with van der Waals surface area (Å²) in [5, 5.41) is 5.20. The summed E-state index contributed by atoms with van der Waals surface area (Å²) >= 11 is 0. The summed E-state index contributed by atoms with van der Waals surface area (Å²) in [4.78, 5) is 30.3. The largest absolute Gasteiger partial charge is 0.453 e. The molecule has 1 heterocycles. The average Bonchev–Trinajstić information content (AvgIpc) is 3.50. The van der Waals surface area contributed by atoms with Crippen LogP contribution in [0.2, 0.25) is 0 Å². The summed E-state index contributed by atoms with van der Waals surface area (Å²) in [6.07, 6.45) is 7.29. The number of rotatable bonds is 7. The van der Waals surface area contributed by atoms with Crippen LogP contribution in [0.15, 0.2) is 76.3 Å². The maximum atomic E-state index is 13.6. The van der Waals surface area contributed by atoms with Crippen molar-refractivity contribution in [1.82, 2.24) is 0 Å². The molecule has 0 bridgehead atoms. The zero-order chi connectivity index (χ0) is 27.9. The van der Waals surface area contributed by atoms with Crippen molar-refractivity contribution >= 4 is 28.4 Å². The molecular formula is C35H35NO4. The molecule has 1 fully saturated rings. The van der Waals surface area contributed by atoms with Crippen molar-refractivity contribution in [3.05, 3.63) is 94.7 Å². The third-order valence-electron chi connectivity index (χ3n) is 8.56. The van der Waals surface area contributed by atoms with Crippen LogP contribution in [0.4, 0.5) is 0 Å². The lowest BCUT2D eigenvalue weighted by molar-refractivity contribution is -0.140. The van der Waals surface area contributed by atoms with Crippen molar-refractivity contribution in [2.75, 3.05) is 0 Å². The van der Waals surface area contributed by atoms with Gasteiger partial charge in [-0.1, -0.05) is 80.7 Å². The van der Waals surface area contributed by atoms with Crippen molar-refractivity contribution in [3.8, 4) is 11.1 Å². The number of benzene rings is 3. The number of nitrogens with zero attached hydrogens (tertiary/aromatic N) is 1. The minimum atomic E-state index is -0.416. The normalized spacial score (nSPS) is 15.8. The van der Waals surface area contributed by atoms with E-state index in [0.717, 1.165) is 60.8 Å². The Morgan fingerprint density at radius 2 is 1.57 bits per heavy atom. The molecule has 6 rings (SSSR count). The molecule has 3 aromatic carbocycles. The molecule has 0 N–H and O–H groups in total. The number of carbonyl (C=O) groups is 2. The summed E-state index contributed by atoms with van der Waals surface area (Å²) in [5.41, 5.74) is 7.99.